The van der Waals surface area contributed by atoms with Crippen molar-refractivity contribution in [2.75, 3.05) is 0 Å². The Kier molecular flexibility index (Phi) is 4.89. The van der Waals surface area contributed by atoms with Crippen LogP contribution < -0.4 is 0 Å². The van der Waals surface area contributed by atoms with E-state index >= 15 is 0 Å². The number of nitrogens with zero attached hydrogens (tertiary/aromatic N) is 3. The molecule has 24 heavy (non-hydrogen) atoms. The first-order valence-corrected chi connectivity index (χ1v) is 8.59. The lowest BCUT2D eigenvalue weighted by Crippen LogP contribution is -1.89. The molecule has 0 fully saturated rings. The van der Waals surface area contributed by atoms with Gasteiger partial charge in [0.05, 0.1) is 21.9 Å². The second-order valence-electron chi connectivity index (χ2n) is 5.33. The van der Waals surface area contributed by atoms with Crippen LogP contribution in [0.4, 0.5) is 0 Å². The molecule has 0 saturated carbocycles. The molecule has 3 aromatic rings. The fraction of sp³-hybridized carbons (Fsp3) is 0.167. The third-order valence-corrected chi connectivity index (χ3v) is 5.04. The normalized spacial score (nSPS) is 11.9. The highest BCUT2D eigenvalue weighted by Gasteiger charge is 2.17. The average Bonchev–Trinajstić information content (AvgIpc) is 3.07. The first-order chi connectivity index (χ1) is 11.6. The maximum Gasteiger partial charge on any atom is 0.247 e. The van der Waals surface area contributed by atoms with Gasteiger partial charge in [0.15, 0.2) is 0 Å². The number of benzene rings is 2. The third kappa shape index (κ3) is 3.61. The van der Waals surface area contributed by atoms with Gasteiger partial charge in [-0.1, -0.05) is 29.3 Å². The molecule has 1 heterocycles. The van der Waals surface area contributed by atoms with E-state index in [1.807, 2.05) is 44.2 Å². The minimum absolute atomic E-state index is 0.0536. The fourth-order valence-electron chi connectivity index (χ4n) is 2.12. The molecule has 3 rings (SSSR count). The molecular formula is C18H14ClN3OS. The van der Waals surface area contributed by atoms with Crippen LogP contribution in [-0.2, 0) is 0 Å². The Hall–Kier alpha value is -2.29. The van der Waals surface area contributed by atoms with Crippen LogP contribution in [0.25, 0.3) is 11.5 Å². The van der Waals surface area contributed by atoms with Crippen LogP contribution >= 0.6 is 23.4 Å². The van der Waals surface area contributed by atoms with E-state index < -0.39 is 0 Å². The number of aromatic nitrogens is 2. The number of rotatable bonds is 4. The van der Waals surface area contributed by atoms with Gasteiger partial charge < -0.3 is 4.42 Å². The van der Waals surface area contributed by atoms with Crippen molar-refractivity contribution in [1.29, 1.82) is 5.26 Å². The van der Waals surface area contributed by atoms with Gasteiger partial charge in [-0.2, -0.15) is 5.26 Å². The van der Waals surface area contributed by atoms with E-state index in [2.05, 4.69) is 16.3 Å². The highest BCUT2D eigenvalue weighted by atomic mass is 35.5. The molecule has 0 saturated heterocycles. The first-order valence-electron chi connectivity index (χ1n) is 7.33. The first kappa shape index (κ1) is 16.6. The van der Waals surface area contributed by atoms with Gasteiger partial charge in [0, 0.05) is 10.5 Å². The Balaban J connectivity index is 1.78. The Labute approximate surface area is 149 Å². The van der Waals surface area contributed by atoms with E-state index in [1.54, 1.807) is 12.1 Å². The van der Waals surface area contributed by atoms with Crippen molar-refractivity contribution in [2.45, 2.75) is 24.0 Å². The maximum atomic E-state index is 8.89. The second-order valence-corrected chi connectivity index (χ2v) is 7.12. The number of hydrogen-bond donors (Lipinski definition) is 0. The van der Waals surface area contributed by atoms with Crippen molar-refractivity contribution in [2.24, 2.45) is 0 Å². The Morgan fingerprint density at radius 1 is 1.17 bits per heavy atom. The summed E-state index contributed by atoms with van der Waals surface area (Å²) in [6.45, 7) is 4.01. The Morgan fingerprint density at radius 2 is 1.92 bits per heavy atom. The van der Waals surface area contributed by atoms with Crippen LogP contribution in [0.1, 0.15) is 29.2 Å². The van der Waals surface area contributed by atoms with Gasteiger partial charge in [0.25, 0.3) is 0 Å². The van der Waals surface area contributed by atoms with Crippen LogP contribution in [-0.4, -0.2) is 10.2 Å². The van der Waals surface area contributed by atoms with E-state index in [1.165, 1.54) is 17.3 Å². The van der Waals surface area contributed by atoms with Gasteiger partial charge in [-0.3, -0.25) is 0 Å². The number of aryl methyl sites for hydroxylation is 1. The topological polar surface area (TPSA) is 62.7 Å². The molecule has 2 aromatic carbocycles. The lowest BCUT2D eigenvalue weighted by atomic mass is 10.1. The summed E-state index contributed by atoms with van der Waals surface area (Å²) in [5.74, 6) is 1.04. The van der Waals surface area contributed by atoms with Crippen molar-refractivity contribution in [3.05, 3.63) is 64.5 Å². The smallest absolute Gasteiger partial charge is 0.247 e. The molecule has 0 spiro atoms. The third-order valence-electron chi connectivity index (χ3n) is 3.45. The van der Waals surface area contributed by atoms with Crippen LogP contribution in [0.15, 0.2) is 51.8 Å². The summed E-state index contributed by atoms with van der Waals surface area (Å²) in [6, 6.07) is 15.2. The maximum absolute atomic E-state index is 8.89. The summed E-state index contributed by atoms with van der Waals surface area (Å²) in [5.41, 5.74) is 2.61. The van der Waals surface area contributed by atoms with Gasteiger partial charge in [-0.25, -0.2) is 0 Å². The zero-order valence-electron chi connectivity index (χ0n) is 13.2. The minimum atomic E-state index is -0.0536. The van der Waals surface area contributed by atoms with Crippen molar-refractivity contribution in [3.8, 4) is 17.5 Å². The zero-order chi connectivity index (χ0) is 17.1. The summed E-state index contributed by atoms with van der Waals surface area (Å²) in [6.07, 6.45) is 0. The predicted molar refractivity (Wildman–Crippen MR) is 94.9 cm³/mol. The van der Waals surface area contributed by atoms with E-state index in [4.69, 9.17) is 21.3 Å². The van der Waals surface area contributed by atoms with Crippen LogP contribution in [0.2, 0.25) is 5.02 Å². The van der Waals surface area contributed by atoms with E-state index in [0.717, 1.165) is 10.5 Å². The molecule has 0 unspecified atom stereocenters. The van der Waals surface area contributed by atoms with Crippen LogP contribution in [0.3, 0.4) is 0 Å². The van der Waals surface area contributed by atoms with E-state index in [-0.39, 0.29) is 5.25 Å². The molecule has 0 N–H and O–H groups in total. The SMILES string of the molecule is Cc1ccc(-c2nnc([C@H](C)Sc3ccc(C#N)cc3Cl)o2)cc1. The zero-order valence-corrected chi connectivity index (χ0v) is 14.7. The lowest BCUT2D eigenvalue weighted by Gasteiger charge is -2.08. The van der Waals surface area contributed by atoms with Crippen molar-refractivity contribution < 1.29 is 4.42 Å². The molecule has 6 heteroatoms. The van der Waals surface area contributed by atoms with Crippen LogP contribution in [0, 0.1) is 18.3 Å². The van der Waals surface area contributed by atoms with Crippen molar-refractivity contribution >= 4 is 23.4 Å². The number of nitriles is 1. The van der Waals surface area contributed by atoms with Gasteiger partial charge in [-0.15, -0.1) is 22.0 Å². The number of halogens is 1. The van der Waals surface area contributed by atoms with Gasteiger partial charge in [-0.05, 0) is 44.2 Å². The Morgan fingerprint density at radius 3 is 2.58 bits per heavy atom. The summed E-state index contributed by atoms with van der Waals surface area (Å²) in [5, 5.41) is 17.6. The average molecular weight is 356 g/mol. The highest BCUT2D eigenvalue weighted by molar-refractivity contribution is 7.99. The molecule has 0 aliphatic rings. The molecule has 0 aliphatic heterocycles. The quantitative estimate of drug-likeness (QED) is 0.584. The molecule has 0 radical (unpaired) electrons. The molecule has 0 amide bonds. The summed E-state index contributed by atoms with van der Waals surface area (Å²) in [7, 11) is 0. The molecule has 1 aromatic heterocycles. The summed E-state index contributed by atoms with van der Waals surface area (Å²) >= 11 is 7.73. The summed E-state index contributed by atoms with van der Waals surface area (Å²) < 4.78 is 5.79. The minimum Gasteiger partial charge on any atom is -0.419 e. The molecule has 0 aliphatic carbocycles. The Bertz CT molecular complexity index is 899. The number of hydrogen-bond acceptors (Lipinski definition) is 5. The largest absolute Gasteiger partial charge is 0.419 e. The molecular weight excluding hydrogens is 342 g/mol. The fourth-order valence-corrected chi connectivity index (χ4v) is 3.33. The van der Waals surface area contributed by atoms with Gasteiger partial charge in [0.1, 0.15) is 0 Å². The monoisotopic (exact) mass is 355 g/mol. The molecule has 120 valence electrons. The van der Waals surface area contributed by atoms with Gasteiger partial charge >= 0.3 is 0 Å². The van der Waals surface area contributed by atoms with Crippen molar-refractivity contribution in [1.82, 2.24) is 10.2 Å². The second kappa shape index (κ2) is 7.08. The number of thioether (sulfide) groups is 1. The standard InChI is InChI=1S/C18H14ClN3OS/c1-11-3-6-14(7-4-11)18-22-21-17(23-18)12(2)24-16-8-5-13(10-20)9-15(16)19/h3-9,12H,1-2H3/t12-/m0/s1. The lowest BCUT2D eigenvalue weighted by molar-refractivity contribution is 0.509. The molecule has 0 bridgehead atoms. The predicted octanol–water partition coefficient (Wildman–Crippen LogP) is 5.42. The van der Waals surface area contributed by atoms with E-state index in [0.29, 0.717) is 22.4 Å². The molecule has 1 atom stereocenters. The summed E-state index contributed by atoms with van der Waals surface area (Å²) in [4.78, 5) is 0.873. The van der Waals surface area contributed by atoms with Crippen molar-refractivity contribution in [3.63, 3.8) is 0 Å². The van der Waals surface area contributed by atoms with Gasteiger partial charge in [0.2, 0.25) is 11.8 Å². The van der Waals surface area contributed by atoms with Crippen LogP contribution in [0.5, 0.6) is 0 Å². The van der Waals surface area contributed by atoms with E-state index in [9.17, 15) is 0 Å². The highest BCUT2D eigenvalue weighted by Crippen LogP contribution is 2.38. The molecule has 4 nitrogen and oxygen atoms in total.